The van der Waals surface area contributed by atoms with Crippen LogP contribution in [0.3, 0.4) is 0 Å². The summed E-state index contributed by atoms with van der Waals surface area (Å²) in [6, 6.07) is 9.29. The van der Waals surface area contributed by atoms with Gasteiger partial charge in [-0.3, -0.25) is 4.79 Å². The van der Waals surface area contributed by atoms with Gasteiger partial charge in [-0.15, -0.1) is 0 Å². The number of hydrogen-bond acceptors (Lipinski definition) is 5. The molecule has 6 nitrogen and oxygen atoms in total. The second-order valence-corrected chi connectivity index (χ2v) is 6.01. The lowest BCUT2D eigenvalue weighted by molar-refractivity contribution is -0.130. The molecule has 1 aromatic heterocycles. The Morgan fingerprint density at radius 2 is 2.18 bits per heavy atom. The van der Waals surface area contributed by atoms with Crippen LogP contribution in [0.25, 0.3) is 11.5 Å². The van der Waals surface area contributed by atoms with Crippen molar-refractivity contribution in [3.8, 4) is 11.5 Å². The highest BCUT2D eigenvalue weighted by Gasteiger charge is 2.37. The Kier molecular flexibility index (Phi) is 3.94. The summed E-state index contributed by atoms with van der Waals surface area (Å²) in [5, 5.41) is 10.2. The van der Waals surface area contributed by atoms with Gasteiger partial charge < -0.3 is 15.2 Å². The van der Waals surface area contributed by atoms with Crippen molar-refractivity contribution in [3.63, 3.8) is 0 Å². The highest BCUT2D eigenvalue weighted by Crippen LogP contribution is 2.26. The van der Waals surface area contributed by atoms with E-state index in [1.165, 1.54) is 0 Å². The van der Waals surface area contributed by atoms with Gasteiger partial charge in [-0.1, -0.05) is 23.4 Å². The quantitative estimate of drug-likeness (QED) is 0.901. The Hall–Kier alpha value is -2.21. The number of carbonyl (C=O) groups excluding carboxylic acids is 1. The first-order valence-electron chi connectivity index (χ1n) is 7.49. The lowest BCUT2D eigenvalue weighted by atomic mass is 9.88. The smallest absolute Gasteiger partial charge is 0.257 e. The van der Waals surface area contributed by atoms with E-state index in [4.69, 9.17) is 4.52 Å². The van der Waals surface area contributed by atoms with E-state index < -0.39 is 0 Å². The van der Waals surface area contributed by atoms with Crippen LogP contribution in [0.4, 0.5) is 0 Å². The lowest BCUT2D eigenvalue weighted by Crippen LogP contribution is -2.41. The first-order chi connectivity index (χ1) is 10.6. The first-order valence-corrected chi connectivity index (χ1v) is 7.49. The van der Waals surface area contributed by atoms with E-state index in [0.29, 0.717) is 18.3 Å². The average Bonchev–Trinajstić information content (AvgIpc) is 3.18. The molecule has 1 fully saturated rings. The fourth-order valence-corrected chi connectivity index (χ4v) is 2.55. The molecule has 1 aromatic carbocycles. The number of carbonyl (C=O) groups is 1. The molecule has 2 aromatic rings. The van der Waals surface area contributed by atoms with Gasteiger partial charge in [0.25, 0.3) is 5.89 Å². The minimum Gasteiger partial charge on any atom is -0.346 e. The van der Waals surface area contributed by atoms with Crippen molar-refractivity contribution in [2.24, 2.45) is 5.41 Å². The summed E-state index contributed by atoms with van der Waals surface area (Å²) >= 11 is 0. The van der Waals surface area contributed by atoms with Crippen LogP contribution in [0.15, 0.2) is 34.9 Å². The van der Waals surface area contributed by atoms with Crippen LogP contribution in [0, 0.1) is 5.41 Å². The third-order valence-corrected chi connectivity index (χ3v) is 4.11. The van der Waals surface area contributed by atoms with Crippen molar-refractivity contribution in [1.82, 2.24) is 20.8 Å². The molecule has 1 amide bonds. The fourth-order valence-electron chi connectivity index (χ4n) is 2.55. The molecule has 0 bridgehead atoms. The number of hydrogen-bond donors (Lipinski definition) is 2. The summed E-state index contributed by atoms with van der Waals surface area (Å²) in [6.07, 6.45) is 0.840. The lowest BCUT2D eigenvalue weighted by Gasteiger charge is -2.23. The standard InChI is InChI=1S/C16H20N4O2/c1-11(18-15(21)16(2)8-9-17-10-16)13-19-14(22-20-13)12-6-4-3-5-7-12/h3-7,11,17H,8-10H2,1-2H3,(H,18,21). The Morgan fingerprint density at radius 3 is 2.86 bits per heavy atom. The fraction of sp³-hybridized carbons (Fsp3) is 0.438. The predicted molar refractivity (Wildman–Crippen MR) is 81.9 cm³/mol. The van der Waals surface area contributed by atoms with Crippen molar-refractivity contribution in [2.75, 3.05) is 13.1 Å². The maximum absolute atomic E-state index is 12.4. The number of nitrogens with one attached hydrogen (secondary N) is 2. The topological polar surface area (TPSA) is 80.0 Å². The summed E-state index contributed by atoms with van der Waals surface area (Å²) in [5.74, 6) is 0.975. The van der Waals surface area contributed by atoms with E-state index in [1.807, 2.05) is 44.2 Å². The zero-order valence-electron chi connectivity index (χ0n) is 12.8. The number of aromatic nitrogens is 2. The van der Waals surface area contributed by atoms with Crippen LogP contribution in [-0.2, 0) is 4.79 Å². The third kappa shape index (κ3) is 2.87. The molecule has 0 aliphatic carbocycles. The van der Waals surface area contributed by atoms with Crippen molar-refractivity contribution in [1.29, 1.82) is 0 Å². The number of nitrogens with zero attached hydrogens (tertiary/aromatic N) is 2. The van der Waals surface area contributed by atoms with Crippen LogP contribution in [0.2, 0.25) is 0 Å². The molecule has 2 atom stereocenters. The van der Waals surface area contributed by atoms with Gasteiger partial charge >= 0.3 is 0 Å². The molecule has 22 heavy (non-hydrogen) atoms. The minimum atomic E-state index is -0.361. The number of amides is 1. The van der Waals surface area contributed by atoms with Crippen LogP contribution in [0.1, 0.15) is 32.1 Å². The Balaban J connectivity index is 1.69. The molecule has 116 valence electrons. The SMILES string of the molecule is CC(NC(=O)C1(C)CCNC1)c1noc(-c2ccccc2)n1. The third-order valence-electron chi connectivity index (χ3n) is 4.11. The van der Waals surface area contributed by atoms with Gasteiger partial charge in [0.15, 0.2) is 5.82 Å². The molecule has 2 N–H and O–H groups in total. The molecule has 1 aliphatic heterocycles. The van der Waals surface area contributed by atoms with Crippen molar-refractivity contribution in [3.05, 3.63) is 36.2 Å². The molecule has 0 radical (unpaired) electrons. The van der Waals surface area contributed by atoms with Crippen molar-refractivity contribution in [2.45, 2.75) is 26.3 Å². The van der Waals surface area contributed by atoms with Crippen LogP contribution < -0.4 is 10.6 Å². The summed E-state index contributed by atoms with van der Waals surface area (Å²) < 4.78 is 5.28. The molecule has 6 heteroatoms. The second-order valence-electron chi connectivity index (χ2n) is 6.01. The number of rotatable bonds is 4. The van der Waals surface area contributed by atoms with Crippen LogP contribution >= 0.6 is 0 Å². The molecule has 0 spiro atoms. The molecule has 3 rings (SSSR count). The molecule has 0 saturated carbocycles. The summed E-state index contributed by atoms with van der Waals surface area (Å²) in [6.45, 7) is 5.41. The summed E-state index contributed by atoms with van der Waals surface area (Å²) in [4.78, 5) is 16.8. The largest absolute Gasteiger partial charge is 0.346 e. The maximum Gasteiger partial charge on any atom is 0.257 e. The minimum absolute atomic E-state index is 0.0241. The van der Waals surface area contributed by atoms with E-state index in [1.54, 1.807) is 0 Å². The molecule has 2 unspecified atom stereocenters. The van der Waals surface area contributed by atoms with E-state index in [9.17, 15) is 4.79 Å². The van der Waals surface area contributed by atoms with Gasteiger partial charge in [-0.05, 0) is 38.9 Å². The van der Waals surface area contributed by atoms with E-state index in [-0.39, 0.29) is 17.4 Å². The highest BCUT2D eigenvalue weighted by molar-refractivity contribution is 5.83. The van der Waals surface area contributed by atoms with Gasteiger partial charge in [0.1, 0.15) is 0 Å². The molecular formula is C16H20N4O2. The van der Waals surface area contributed by atoms with Gasteiger partial charge in [-0.2, -0.15) is 4.98 Å². The zero-order valence-corrected chi connectivity index (χ0v) is 12.8. The highest BCUT2D eigenvalue weighted by atomic mass is 16.5. The molecule has 2 heterocycles. The van der Waals surface area contributed by atoms with Crippen molar-refractivity contribution >= 4 is 5.91 Å². The Labute approximate surface area is 129 Å². The van der Waals surface area contributed by atoms with E-state index in [0.717, 1.165) is 18.5 Å². The van der Waals surface area contributed by atoms with E-state index >= 15 is 0 Å². The Morgan fingerprint density at radius 1 is 1.41 bits per heavy atom. The van der Waals surface area contributed by atoms with Crippen molar-refractivity contribution < 1.29 is 9.32 Å². The monoisotopic (exact) mass is 300 g/mol. The van der Waals surface area contributed by atoms with E-state index in [2.05, 4.69) is 20.8 Å². The van der Waals surface area contributed by atoms with Gasteiger partial charge in [0, 0.05) is 12.1 Å². The average molecular weight is 300 g/mol. The van der Waals surface area contributed by atoms with Gasteiger partial charge in [0.2, 0.25) is 5.91 Å². The first kappa shape index (κ1) is 14.7. The number of benzene rings is 1. The molecule has 1 saturated heterocycles. The molecule has 1 aliphatic rings. The predicted octanol–water partition coefficient (Wildman–Crippen LogP) is 1.91. The second kappa shape index (κ2) is 5.88. The summed E-state index contributed by atoms with van der Waals surface area (Å²) in [7, 11) is 0. The van der Waals surface area contributed by atoms with Gasteiger partial charge in [0.05, 0.1) is 11.5 Å². The Bertz CT molecular complexity index is 647. The normalized spacial score (nSPS) is 22.5. The van der Waals surface area contributed by atoms with Gasteiger partial charge in [-0.25, -0.2) is 0 Å². The maximum atomic E-state index is 12.4. The van der Waals surface area contributed by atoms with Crippen LogP contribution in [0.5, 0.6) is 0 Å². The van der Waals surface area contributed by atoms with Crippen LogP contribution in [-0.4, -0.2) is 29.1 Å². The zero-order chi connectivity index (χ0) is 15.6. The summed E-state index contributed by atoms with van der Waals surface area (Å²) in [5.41, 5.74) is 0.506. The molecular weight excluding hydrogens is 280 g/mol.